The molecule has 3 rings (SSSR count). The molecule has 1 amide bonds. The van der Waals surface area contributed by atoms with E-state index in [1.165, 1.54) is 31.2 Å². The van der Waals surface area contributed by atoms with Gasteiger partial charge in [-0.2, -0.15) is 0 Å². The number of nitrogens with zero attached hydrogens (tertiary/aromatic N) is 1. The second-order valence-electron chi connectivity index (χ2n) is 6.69. The summed E-state index contributed by atoms with van der Waals surface area (Å²) in [5.41, 5.74) is 1.23. The Morgan fingerprint density at radius 1 is 1.19 bits per heavy atom. The number of amides is 1. The van der Waals surface area contributed by atoms with Crippen LogP contribution in [0.25, 0.3) is 0 Å². The molecular formula is C18H26N2O. The normalized spacial score (nSPS) is 29.9. The average molecular weight is 286 g/mol. The van der Waals surface area contributed by atoms with E-state index >= 15 is 0 Å². The molecule has 1 aliphatic carbocycles. The van der Waals surface area contributed by atoms with Crippen LogP contribution >= 0.6 is 0 Å². The van der Waals surface area contributed by atoms with Crippen LogP contribution in [0.1, 0.15) is 38.2 Å². The molecule has 21 heavy (non-hydrogen) atoms. The fourth-order valence-electron chi connectivity index (χ4n) is 3.72. The highest BCUT2D eigenvalue weighted by Gasteiger charge is 2.33. The predicted octanol–water partition coefficient (Wildman–Crippen LogP) is 2.81. The molecule has 3 atom stereocenters. The molecular weight excluding hydrogens is 260 g/mol. The topological polar surface area (TPSA) is 32.3 Å². The van der Waals surface area contributed by atoms with Crippen molar-refractivity contribution < 1.29 is 4.79 Å². The largest absolute Gasteiger partial charge is 0.328 e. The molecule has 3 unspecified atom stereocenters. The highest BCUT2D eigenvalue weighted by Crippen LogP contribution is 2.30. The summed E-state index contributed by atoms with van der Waals surface area (Å²) in [6, 6.07) is 10.3. The third kappa shape index (κ3) is 3.46. The van der Waals surface area contributed by atoms with Crippen LogP contribution in [0.5, 0.6) is 0 Å². The van der Waals surface area contributed by atoms with Gasteiger partial charge < -0.3 is 4.90 Å². The van der Waals surface area contributed by atoms with Gasteiger partial charge in [0.15, 0.2) is 0 Å². The first-order valence-corrected chi connectivity index (χ1v) is 8.30. The molecule has 1 saturated carbocycles. The molecule has 2 aliphatic rings. The molecule has 1 saturated heterocycles. The molecule has 114 valence electrons. The number of benzene rings is 1. The number of hydrogen-bond acceptors (Lipinski definition) is 2. The van der Waals surface area contributed by atoms with Crippen molar-refractivity contribution in [3.8, 4) is 0 Å². The Morgan fingerprint density at radius 2 is 1.95 bits per heavy atom. The summed E-state index contributed by atoms with van der Waals surface area (Å²) in [4.78, 5) is 14.6. The maximum Gasteiger partial charge on any atom is 0.241 e. The number of carbonyl (C=O) groups is 1. The standard InChI is InChI=1S/C18H26N2O/c1-14-7-5-6-10-16(14)12-20-13-19-17(18(20)21)11-15-8-3-2-4-9-15/h2-4,8-9,14,16-17,19H,5-7,10-13H2,1H3. The first-order chi connectivity index (χ1) is 10.2. The number of carbonyl (C=O) groups excluding carboxylic acids is 1. The molecule has 3 nitrogen and oxygen atoms in total. The minimum atomic E-state index is -0.0358. The van der Waals surface area contributed by atoms with Crippen molar-refractivity contribution in [2.75, 3.05) is 13.2 Å². The van der Waals surface area contributed by atoms with Crippen molar-refractivity contribution in [3.05, 3.63) is 35.9 Å². The third-order valence-corrected chi connectivity index (χ3v) is 5.16. The zero-order valence-electron chi connectivity index (χ0n) is 12.9. The molecule has 1 heterocycles. The van der Waals surface area contributed by atoms with Gasteiger partial charge in [-0.1, -0.05) is 56.5 Å². The van der Waals surface area contributed by atoms with E-state index in [-0.39, 0.29) is 11.9 Å². The monoisotopic (exact) mass is 286 g/mol. The number of hydrogen-bond donors (Lipinski definition) is 1. The maximum absolute atomic E-state index is 12.6. The fraction of sp³-hybridized carbons (Fsp3) is 0.611. The molecule has 0 bridgehead atoms. The second-order valence-corrected chi connectivity index (χ2v) is 6.69. The quantitative estimate of drug-likeness (QED) is 0.923. The highest BCUT2D eigenvalue weighted by molar-refractivity contribution is 5.84. The van der Waals surface area contributed by atoms with Gasteiger partial charge in [0.1, 0.15) is 0 Å². The van der Waals surface area contributed by atoms with Crippen LogP contribution in [0.15, 0.2) is 30.3 Å². The van der Waals surface area contributed by atoms with E-state index < -0.39 is 0 Å². The van der Waals surface area contributed by atoms with E-state index in [1.807, 2.05) is 23.1 Å². The lowest BCUT2D eigenvalue weighted by Gasteiger charge is -2.31. The van der Waals surface area contributed by atoms with Crippen molar-refractivity contribution in [3.63, 3.8) is 0 Å². The van der Waals surface area contributed by atoms with E-state index in [1.54, 1.807) is 0 Å². The lowest BCUT2D eigenvalue weighted by Crippen LogP contribution is -2.37. The molecule has 0 aromatic heterocycles. The van der Waals surface area contributed by atoms with E-state index in [4.69, 9.17) is 0 Å². The van der Waals surface area contributed by atoms with Crippen molar-refractivity contribution in [1.29, 1.82) is 0 Å². The van der Waals surface area contributed by atoms with Crippen LogP contribution in [0, 0.1) is 11.8 Å². The Balaban J connectivity index is 1.56. The maximum atomic E-state index is 12.6. The van der Waals surface area contributed by atoms with Gasteiger partial charge >= 0.3 is 0 Å². The Labute approximate surface area is 127 Å². The van der Waals surface area contributed by atoms with E-state index in [2.05, 4.69) is 24.4 Å². The van der Waals surface area contributed by atoms with Gasteiger partial charge in [-0.3, -0.25) is 10.1 Å². The average Bonchev–Trinajstić information content (AvgIpc) is 2.84. The van der Waals surface area contributed by atoms with E-state index in [0.29, 0.717) is 5.92 Å². The lowest BCUT2D eigenvalue weighted by atomic mass is 9.80. The minimum absolute atomic E-state index is 0.0358. The molecule has 1 aromatic rings. The van der Waals surface area contributed by atoms with Gasteiger partial charge in [0, 0.05) is 6.54 Å². The molecule has 2 fully saturated rings. The van der Waals surface area contributed by atoms with Gasteiger partial charge in [0.25, 0.3) is 0 Å². The summed E-state index contributed by atoms with van der Waals surface area (Å²) in [5.74, 6) is 1.75. The predicted molar refractivity (Wildman–Crippen MR) is 84.8 cm³/mol. The zero-order valence-corrected chi connectivity index (χ0v) is 12.9. The van der Waals surface area contributed by atoms with Gasteiger partial charge in [0.05, 0.1) is 12.7 Å². The minimum Gasteiger partial charge on any atom is -0.328 e. The lowest BCUT2D eigenvalue weighted by molar-refractivity contribution is -0.129. The number of nitrogens with one attached hydrogen (secondary N) is 1. The van der Waals surface area contributed by atoms with Crippen molar-refractivity contribution >= 4 is 5.91 Å². The molecule has 3 heteroatoms. The molecule has 1 aromatic carbocycles. The van der Waals surface area contributed by atoms with Crippen LogP contribution in [-0.4, -0.2) is 30.1 Å². The van der Waals surface area contributed by atoms with Gasteiger partial charge in [-0.15, -0.1) is 0 Å². The van der Waals surface area contributed by atoms with Crippen LogP contribution in [0.3, 0.4) is 0 Å². The fourth-order valence-corrected chi connectivity index (χ4v) is 3.72. The van der Waals surface area contributed by atoms with Crippen molar-refractivity contribution in [2.24, 2.45) is 11.8 Å². The summed E-state index contributed by atoms with van der Waals surface area (Å²) in [5, 5.41) is 3.39. The zero-order chi connectivity index (χ0) is 14.7. The van der Waals surface area contributed by atoms with Crippen LogP contribution in [0.2, 0.25) is 0 Å². The summed E-state index contributed by atoms with van der Waals surface area (Å²) >= 11 is 0. The SMILES string of the molecule is CC1CCCCC1CN1CNC(Cc2ccccc2)C1=O. The summed E-state index contributed by atoms with van der Waals surface area (Å²) in [6.07, 6.45) is 6.11. The first kappa shape index (κ1) is 14.6. The second kappa shape index (κ2) is 6.61. The van der Waals surface area contributed by atoms with E-state index in [9.17, 15) is 4.79 Å². The molecule has 0 spiro atoms. The van der Waals surface area contributed by atoms with Gasteiger partial charge in [0.2, 0.25) is 5.91 Å². The van der Waals surface area contributed by atoms with Gasteiger partial charge in [-0.25, -0.2) is 0 Å². The molecule has 1 N–H and O–H groups in total. The Morgan fingerprint density at radius 3 is 2.71 bits per heavy atom. The first-order valence-electron chi connectivity index (χ1n) is 8.30. The van der Waals surface area contributed by atoms with Crippen molar-refractivity contribution in [2.45, 2.75) is 45.1 Å². The summed E-state index contributed by atoms with van der Waals surface area (Å²) in [7, 11) is 0. The third-order valence-electron chi connectivity index (χ3n) is 5.16. The molecule has 0 radical (unpaired) electrons. The van der Waals surface area contributed by atoms with E-state index in [0.717, 1.165) is 25.6 Å². The van der Waals surface area contributed by atoms with Crippen LogP contribution < -0.4 is 5.32 Å². The summed E-state index contributed by atoms with van der Waals surface area (Å²) in [6.45, 7) is 4.01. The number of rotatable bonds is 4. The Hall–Kier alpha value is -1.35. The Kier molecular flexibility index (Phi) is 4.59. The van der Waals surface area contributed by atoms with Gasteiger partial charge in [-0.05, 0) is 30.2 Å². The van der Waals surface area contributed by atoms with Crippen LogP contribution in [0.4, 0.5) is 0 Å². The highest BCUT2D eigenvalue weighted by atomic mass is 16.2. The summed E-state index contributed by atoms with van der Waals surface area (Å²) < 4.78 is 0. The smallest absolute Gasteiger partial charge is 0.241 e. The molecule has 1 aliphatic heterocycles. The Bertz CT molecular complexity index is 473. The van der Waals surface area contributed by atoms with Crippen molar-refractivity contribution in [1.82, 2.24) is 10.2 Å². The van der Waals surface area contributed by atoms with Crippen LogP contribution in [-0.2, 0) is 11.2 Å².